The number of carbonyl (C=O) groups excluding carboxylic acids is 1. The standard InChI is InChI=1S/C25H28N2O2S/c1-16-9-8-11-21(18(16)3)27-24(28)23-20-10-6-4-5-7-12-22(20)30-25(23)26-15-19-14-13-17(2)29-19/h8-9,11,13-15H,4-7,10,12H2,1-3H3,(H,27,28). The van der Waals surface area contributed by atoms with Gasteiger partial charge in [-0.15, -0.1) is 11.3 Å². The molecule has 1 aliphatic carbocycles. The van der Waals surface area contributed by atoms with E-state index in [1.165, 1.54) is 35.3 Å². The van der Waals surface area contributed by atoms with E-state index in [-0.39, 0.29) is 5.91 Å². The maximum Gasteiger partial charge on any atom is 0.259 e. The van der Waals surface area contributed by atoms with Crippen LogP contribution in [-0.4, -0.2) is 12.1 Å². The van der Waals surface area contributed by atoms with Crippen LogP contribution in [0, 0.1) is 20.8 Å². The minimum Gasteiger partial charge on any atom is -0.460 e. The zero-order chi connectivity index (χ0) is 21.1. The first-order valence-electron chi connectivity index (χ1n) is 10.7. The van der Waals surface area contributed by atoms with Crippen LogP contribution in [0.3, 0.4) is 0 Å². The molecule has 0 spiro atoms. The summed E-state index contributed by atoms with van der Waals surface area (Å²) in [5.74, 6) is 1.49. The zero-order valence-corrected chi connectivity index (χ0v) is 18.7. The third kappa shape index (κ3) is 4.41. The number of thiophene rings is 1. The highest BCUT2D eigenvalue weighted by atomic mass is 32.1. The number of carbonyl (C=O) groups is 1. The summed E-state index contributed by atoms with van der Waals surface area (Å²) in [4.78, 5) is 19.4. The predicted molar refractivity (Wildman–Crippen MR) is 125 cm³/mol. The van der Waals surface area contributed by atoms with E-state index in [4.69, 9.17) is 9.41 Å². The average Bonchev–Trinajstić information content (AvgIpc) is 3.26. The topological polar surface area (TPSA) is 54.6 Å². The van der Waals surface area contributed by atoms with Gasteiger partial charge in [0.2, 0.25) is 0 Å². The largest absolute Gasteiger partial charge is 0.460 e. The molecule has 0 aliphatic heterocycles. The van der Waals surface area contributed by atoms with E-state index in [0.29, 0.717) is 5.76 Å². The summed E-state index contributed by atoms with van der Waals surface area (Å²) >= 11 is 1.66. The summed E-state index contributed by atoms with van der Waals surface area (Å²) in [5, 5.41) is 3.93. The molecule has 30 heavy (non-hydrogen) atoms. The van der Waals surface area contributed by atoms with Gasteiger partial charge in [0.1, 0.15) is 16.5 Å². The number of nitrogens with one attached hydrogen (secondary N) is 1. The van der Waals surface area contributed by atoms with Gasteiger partial charge in [-0.3, -0.25) is 4.79 Å². The maximum atomic E-state index is 13.4. The van der Waals surface area contributed by atoms with Crippen molar-refractivity contribution in [2.45, 2.75) is 59.3 Å². The summed E-state index contributed by atoms with van der Waals surface area (Å²) in [5.41, 5.74) is 5.05. The fraction of sp³-hybridized carbons (Fsp3) is 0.360. The van der Waals surface area contributed by atoms with Crippen molar-refractivity contribution >= 4 is 34.1 Å². The monoisotopic (exact) mass is 420 g/mol. The van der Waals surface area contributed by atoms with E-state index in [1.54, 1.807) is 17.6 Å². The van der Waals surface area contributed by atoms with Crippen LogP contribution in [0.15, 0.2) is 39.7 Å². The number of fused-ring (bicyclic) bond motifs is 1. The van der Waals surface area contributed by atoms with Gasteiger partial charge in [-0.25, -0.2) is 4.99 Å². The van der Waals surface area contributed by atoms with Crippen molar-refractivity contribution in [1.82, 2.24) is 0 Å². The van der Waals surface area contributed by atoms with Crippen LogP contribution in [0.5, 0.6) is 0 Å². The van der Waals surface area contributed by atoms with Crippen LogP contribution in [-0.2, 0) is 12.8 Å². The van der Waals surface area contributed by atoms with Gasteiger partial charge in [0, 0.05) is 10.6 Å². The number of hydrogen-bond donors (Lipinski definition) is 1. The number of rotatable bonds is 4. The zero-order valence-electron chi connectivity index (χ0n) is 17.9. The second kappa shape index (κ2) is 9.00. The Labute approximate surface area is 182 Å². The Morgan fingerprint density at radius 1 is 1.07 bits per heavy atom. The SMILES string of the molecule is Cc1ccc(C=Nc2sc3c(c2C(=O)Nc2cccc(C)c2C)CCCCCC3)o1. The maximum absolute atomic E-state index is 13.4. The average molecular weight is 421 g/mol. The number of furan rings is 1. The quantitative estimate of drug-likeness (QED) is 0.465. The smallest absolute Gasteiger partial charge is 0.259 e. The molecule has 0 bridgehead atoms. The third-order valence-corrected chi connectivity index (χ3v) is 7.00. The van der Waals surface area contributed by atoms with Crippen molar-refractivity contribution in [3.63, 3.8) is 0 Å². The van der Waals surface area contributed by atoms with Crippen LogP contribution in [0.25, 0.3) is 0 Å². The van der Waals surface area contributed by atoms with Gasteiger partial charge in [-0.2, -0.15) is 0 Å². The molecule has 2 aromatic heterocycles. The van der Waals surface area contributed by atoms with Gasteiger partial charge in [-0.1, -0.05) is 25.0 Å². The molecule has 4 rings (SSSR count). The number of aliphatic imine (C=N–C) groups is 1. The predicted octanol–water partition coefficient (Wildman–Crippen LogP) is 6.93. The molecule has 1 N–H and O–H groups in total. The summed E-state index contributed by atoms with van der Waals surface area (Å²) in [6.07, 6.45) is 8.46. The first-order valence-corrected chi connectivity index (χ1v) is 11.5. The molecule has 2 heterocycles. The van der Waals surface area contributed by atoms with Crippen molar-refractivity contribution in [2.75, 3.05) is 5.32 Å². The normalized spacial score (nSPS) is 14.4. The highest BCUT2D eigenvalue weighted by Crippen LogP contribution is 2.39. The molecule has 0 atom stereocenters. The Balaban J connectivity index is 1.72. The molecule has 5 heteroatoms. The second-order valence-corrected chi connectivity index (χ2v) is 9.09. The molecule has 1 aromatic carbocycles. The Bertz CT molecular complexity index is 1090. The molecular weight excluding hydrogens is 392 g/mol. The lowest BCUT2D eigenvalue weighted by molar-refractivity contribution is 0.102. The van der Waals surface area contributed by atoms with Crippen LogP contribution >= 0.6 is 11.3 Å². The molecular formula is C25H28N2O2S. The Morgan fingerprint density at radius 2 is 1.87 bits per heavy atom. The third-order valence-electron chi connectivity index (χ3n) is 5.80. The highest BCUT2D eigenvalue weighted by molar-refractivity contribution is 7.16. The van der Waals surface area contributed by atoms with E-state index >= 15 is 0 Å². The molecule has 0 radical (unpaired) electrons. The minimum atomic E-state index is -0.0652. The molecule has 1 aliphatic rings. The molecule has 0 unspecified atom stereocenters. The van der Waals surface area contributed by atoms with Gasteiger partial charge in [0.15, 0.2) is 0 Å². The van der Waals surface area contributed by atoms with Crippen LogP contribution in [0.2, 0.25) is 0 Å². The first-order chi connectivity index (χ1) is 14.5. The second-order valence-electron chi connectivity index (χ2n) is 8.01. The molecule has 156 valence electrons. The lowest BCUT2D eigenvalue weighted by Crippen LogP contribution is -2.15. The number of anilines is 1. The van der Waals surface area contributed by atoms with Crippen LogP contribution in [0.1, 0.15) is 69.1 Å². The van der Waals surface area contributed by atoms with E-state index < -0.39 is 0 Å². The Morgan fingerprint density at radius 3 is 2.63 bits per heavy atom. The Kier molecular flexibility index (Phi) is 6.18. The van der Waals surface area contributed by atoms with E-state index in [0.717, 1.165) is 46.8 Å². The number of amides is 1. The van der Waals surface area contributed by atoms with E-state index in [1.807, 2.05) is 38.1 Å². The lowest BCUT2D eigenvalue weighted by atomic mass is 9.96. The fourth-order valence-electron chi connectivity index (χ4n) is 3.95. The minimum absolute atomic E-state index is 0.0652. The highest BCUT2D eigenvalue weighted by Gasteiger charge is 2.24. The summed E-state index contributed by atoms with van der Waals surface area (Å²) in [6.45, 7) is 6.02. The van der Waals surface area contributed by atoms with Gasteiger partial charge in [0.05, 0.1) is 11.8 Å². The summed E-state index contributed by atoms with van der Waals surface area (Å²) < 4.78 is 5.63. The van der Waals surface area contributed by atoms with Crippen molar-refractivity contribution in [3.8, 4) is 0 Å². The summed E-state index contributed by atoms with van der Waals surface area (Å²) in [6, 6.07) is 9.83. The van der Waals surface area contributed by atoms with Gasteiger partial charge in [-0.05, 0) is 81.3 Å². The molecule has 4 nitrogen and oxygen atoms in total. The molecule has 0 saturated heterocycles. The van der Waals surface area contributed by atoms with Gasteiger partial charge < -0.3 is 9.73 Å². The molecule has 0 fully saturated rings. The first kappa shape index (κ1) is 20.6. The number of benzene rings is 1. The number of nitrogens with zero attached hydrogens (tertiary/aromatic N) is 1. The van der Waals surface area contributed by atoms with Crippen molar-refractivity contribution in [1.29, 1.82) is 0 Å². The van der Waals surface area contributed by atoms with E-state index in [2.05, 4.69) is 18.3 Å². The molecule has 1 amide bonds. The van der Waals surface area contributed by atoms with Gasteiger partial charge in [0.25, 0.3) is 5.91 Å². The van der Waals surface area contributed by atoms with E-state index in [9.17, 15) is 4.79 Å². The lowest BCUT2D eigenvalue weighted by Gasteiger charge is -2.13. The fourth-order valence-corrected chi connectivity index (χ4v) is 5.18. The van der Waals surface area contributed by atoms with Crippen LogP contribution in [0.4, 0.5) is 10.7 Å². The van der Waals surface area contributed by atoms with Gasteiger partial charge >= 0.3 is 0 Å². The number of hydrogen-bond acceptors (Lipinski definition) is 4. The number of aryl methyl sites for hydroxylation is 3. The Hall–Kier alpha value is -2.66. The molecule has 3 aromatic rings. The summed E-state index contributed by atoms with van der Waals surface area (Å²) in [7, 11) is 0. The van der Waals surface area contributed by atoms with Crippen molar-refractivity contribution < 1.29 is 9.21 Å². The molecule has 0 saturated carbocycles. The van der Waals surface area contributed by atoms with Crippen molar-refractivity contribution in [3.05, 3.63) is 69.0 Å². The van der Waals surface area contributed by atoms with Crippen molar-refractivity contribution in [2.24, 2.45) is 4.99 Å². The van der Waals surface area contributed by atoms with Crippen LogP contribution < -0.4 is 5.32 Å².